The van der Waals surface area contributed by atoms with Gasteiger partial charge in [-0.05, 0) is 36.4 Å². The maximum absolute atomic E-state index is 4.80. The third-order valence-corrected chi connectivity index (χ3v) is 5.75. The lowest BCUT2D eigenvalue weighted by atomic mass is 10.2. The van der Waals surface area contributed by atoms with E-state index in [0.29, 0.717) is 6.54 Å². The van der Waals surface area contributed by atoms with E-state index < -0.39 is 0 Å². The maximum atomic E-state index is 4.80. The van der Waals surface area contributed by atoms with Crippen molar-refractivity contribution >= 4 is 28.3 Å². The van der Waals surface area contributed by atoms with Crippen molar-refractivity contribution in [3.63, 3.8) is 0 Å². The molecule has 0 bridgehead atoms. The molecule has 0 aliphatic carbocycles. The number of rotatable bonds is 7. The molecule has 0 unspecified atom stereocenters. The number of nitrogens with one attached hydrogen (secondary N) is 1. The van der Waals surface area contributed by atoms with Gasteiger partial charge in [-0.3, -0.25) is 9.97 Å². The van der Waals surface area contributed by atoms with Crippen molar-refractivity contribution in [1.29, 1.82) is 0 Å². The molecule has 148 valence electrons. The molecule has 0 saturated carbocycles. The van der Waals surface area contributed by atoms with E-state index in [4.69, 9.17) is 9.97 Å². The van der Waals surface area contributed by atoms with E-state index in [0.717, 1.165) is 52.0 Å². The van der Waals surface area contributed by atoms with Crippen molar-refractivity contribution in [2.45, 2.75) is 19.5 Å². The van der Waals surface area contributed by atoms with Crippen molar-refractivity contribution in [2.24, 2.45) is 0 Å². The molecule has 1 N–H and O–H groups in total. The van der Waals surface area contributed by atoms with Gasteiger partial charge in [-0.15, -0.1) is 11.3 Å². The Hall–Kier alpha value is -3.58. The summed E-state index contributed by atoms with van der Waals surface area (Å²) in [5, 5.41) is 6.47. The van der Waals surface area contributed by atoms with Gasteiger partial charge >= 0.3 is 0 Å². The van der Waals surface area contributed by atoms with E-state index in [-0.39, 0.29) is 0 Å². The van der Waals surface area contributed by atoms with Crippen LogP contribution in [0.4, 0.5) is 5.95 Å². The molecule has 0 aliphatic rings. The number of aromatic nitrogens is 5. The molecule has 0 aliphatic heterocycles. The Morgan fingerprint density at radius 3 is 2.50 bits per heavy atom. The van der Waals surface area contributed by atoms with E-state index in [1.807, 2.05) is 54.7 Å². The minimum atomic E-state index is 0.607. The molecule has 0 saturated heterocycles. The Morgan fingerprint density at radius 2 is 1.67 bits per heavy atom. The summed E-state index contributed by atoms with van der Waals surface area (Å²) in [5.74, 6) is 0.847. The average Bonchev–Trinajstić information content (AvgIpc) is 3.42. The van der Waals surface area contributed by atoms with Crippen molar-refractivity contribution in [3.05, 3.63) is 89.8 Å². The van der Waals surface area contributed by atoms with Gasteiger partial charge in [0.15, 0.2) is 0 Å². The SMILES string of the molecule is c1ccc(CCn2c(NCc3csc(-c4ccccn4)n3)nc3ccccc32)nc1. The first-order valence-electron chi connectivity index (χ1n) is 9.82. The van der Waals surface area contributed by atoms with Crippen molar-refractivity contribution in [1.82, 2.24) is 24.5 Å². The normalized spacial score (nSPS) is 11.1. The quantitative estimate of drug-likeness (QED) is 0.416. The number of benzene rings is 1. The molecule has 0 spiro atoms. The number of aryl methyl sites for hydroxylation is 2. The minimum absolute atomic E-state index is 0.607. The predicted molar refractivity (Wildman–Crippen MR) is 120 cm³/mol. The fourth-order valence-electron chi connectivity index (χ4n) is 3.37. The first-order chi connectivity index (χ1) is 14.9. The van der Waals surface area contributed by atoms with Crippen LogP contribution in [0.2, 0.25) is 0 Å². The zero-order valence-electron chi connectivity index (χ0n) is 16.3. The molecule has 5 aromatic rings. The Bertz CT molecular complexity index is 1250. The second-order valence-corrected chi connectivity index (χ2v) is 7.72. The van der Waals surface area contributed by atoms with Gasteiger partial charge in [-0.2, -0.15) is 0 Å². The molecule has 0 amide bonds. The number of para-hydroxylation sites is 2. The first-order valence-corrected chi connectivity index (χ1v) is 10.7. The number of nitrogens with zero attached hydrogens (tertiary/aromatic N) is 5. The molecular weight excluding hydrogens is 392 g/mol. The number of pyridine rings is 2. The van der Waals surface area contributed by atoms with Crippen LogP contribution in [0.15, 0.2) is 78.4 Å². The summed E-state index contributed by atoms with van der Waals surface area (Å²) in [7, 11) is 0. The molecule has 4 aromatic heterocycles. The Labute approximate surface area is 178 Å². The highest BCUT2D eigenvalue weighted by Gasteiger charge is 2.12. The highest BCUT2D eigenvalue weighted by Crippen LogP contribution is 2.23. The van der Waals surface area contributed by atoms with Gasteiger partial charge in [0.1, 0.15) is 5.01 Å². The molecule has 5 rings (SSSR count). The third kappa shape index (κ3) is 3.92. The van der Waals surface area contributed by atoms with Crippen molar-refractivity contribution < 1.29 is 0 Å². The number of imidazole rings is 1. The van der Waals surface area contributed by atoms with Crippen LogP contribution in [-0.4, -0.2) is 24.5 Å². The molecule has 1 aromatic carbocycles. The molecule has 0 fully saturated rings. The lowest BCUT2D eigenvalue weighted by Gasteiger charge is -2.10. The Balaban J connectivity index is 1.36. The summed E-state index contributed by atoms with van der Waals surface area (Å²) in [6.07, 6.45) is 4.47. The van der Waals surface area contributed by atoms with Gasteiger partial charge in [-0.25, -0.2) is 9.97 Å². The number of hydrogen-bond donors (Lipinski definition) is 1. The van der Waals surface area contributed by atoms with Gasteiger partial charge in [0.2, 0.25) is 5.95 Å². The predicted octanol–water partition coefficient (Wildman–Crippen LogP) is 4.80. The lowest BCUT2D eigenvalue weighted by molar-refractivity contribution is 0.706. The summed E-state index contributed by atoms with van der Waals surface area (Å²) in [6.45, 7) is 1.41. The van der Waals surface area contributed by atoms with Crippen LogP contribution in [0.1, 0.15) is 11.4 Å². The monoisotopic (exact) mass is 412 g/mol. The lowest BCUT2D eigenvalue weighted by Crippen LogP contribution is -2.10. The maximum Gasteiger partial charge on any atom is 0.204 e. The second kappa shape index (κ2) is 8.42. The second-order valence-electron chi connectivity index (χ2n) is 6.86. The third-order valence-electron chi connectivity index (χ3n) is 4.84. The summed E-state index contributed by atoms with van der Waals surface area (Å²) >= 11 is 1.61. The fourth-order valence-corrected chi connectivity index (χ4v) is 4.17. The van der Waals surface area contributed by atoms with E-state index in [1.54, 1.807) is 17.5 Å². The van der Waals surface area contributed by atoms with Gasteiger partial charge < -0.3 is 9.88 Å². The van der Waals surface area contributed by atoms with Crippen molar-refractivity contribution in [3.8, 4) is 10.7 Å². The van der Waals surface area contributed by atoms with Crippen LogP contribution in [-0.2, 0) is 19.5 Å². The van der Waals surface area contributed by atoms with Gasteiger partial charge in [-0.1, -0.05) is 24.3 Å². The van der Waals surface area contributed by atoms with Crippen LogP contribution >= 0.6 is 11.3 Å². The minimum Gasteiger partial charge on any atom is -0.350 e. The Kier molecular flexibility index (Phi) is 5.18. The smallest absolute Gasteiger partial charge is 0.204 e. The fraction of sp³-hybridized carbons (Fsp3) is 0.130. The molecule has 7 heteroatoms. The summed E-state index contributed by atoms with van der Waals surface area (Å²) in [4.78, 5) is 18.3. The van der Waals surface area contributed by atoms with Crippen LogP contribution in [0.3, 0.4) is 0 Å². The highest BCUT2D eigenvalue weighted by molar-refractivity contribution is 7.13. The number of thiazole rings is 1. The van der Waals surface area contributed by atoms with Gasteiger partial charge in [0.25, 0.3) is 0 Å². The number of anilines is 1. The molecule has 0 atom stereocenters. The number of fused-ring (bicyclic) bond motifs is 1. The average molecular weight is 413 g/mol. The zero-order valence-corrected chi connectivity index (χ0v) is 17.1. The van der Waals surface area contributed by atoms with Gasteiger partial charge in [0.05, 0.1) is 29.0 Å². The van der Waals surface area contributed by atoms with Crippen molar-refractivity contribution in [2.75, 3.05) is 5.32 Å². The van der Waals surface area contributed by atoms with Gasteiger partial charge in [0, 0.05) is 36.4 Å². The van der Waals surface area contributed by atoms with Crippen LogP contribution in [0.5, 0.6) is 0 Å². The first kappa shape index (κ1) is 18.4. The van der Waals surface area contributed by atoms with E-state index in [1.165, 1.54) is 0 Å². The highest BCUT2D eigenvalue weighted by atomic mass is 32.1. The molecule has 6 nitrogen and oxygen atoms in total. The molecule has 0 radical (unpaired) electrons. The Morgan fingerprint density at radius 1 is 0.833 bits per heavy atom. The van der Waals surface area contributed by atoms with Crippen LogP contribution in [0.25, 0.3) is 21.7 Å². The van der Waals surface area contributed by atoms with E-state index >= 15 is 0 Å². The van der Waals surface area contributed by atoms with E-state index in [9.17, 15) is 0 Å². The summed E-state index contributed by atoms with van der Waals surface area (Å²) in [5.41, 5.74) is 5.04. The zero-order chi connectivity index (χ0) is 20.2. The van der Waals surface area contributed by atoms with Crippen LogP contribution < -0.4 is 5.32 Å². The van der Waals surface area contributed by atoms with E-state index in [2.05, 4.69) is 37.4 Å². The largest absolute Gasteiger partial charge is 0.350 e. The summed E-state index contributed by atoms with van der Waals surface area (Å²) < 4.78 is 2.22. The number of hydrogen-bond acceptors (Lipinski definition) is 6. The standard InChI is InChI=1S/C23H20N6S/c1-2-10-21-19(8-1)28-23(29(21)14-11-17-7-3-5-12-24-17)26-15-18-16-30-22(27-18)20-9-4-6-13-25-20/h1-10,12-13,16H,11,14-15H2,(H,26,28). The topological polar surface area (TPSA) is 68.5 Å². The van der Waals surface area contributed by atoms with Crippen LogP contribution in [0, 0.1) is 0 Å². The summed E-state index contributed by atoms with van der Waals surface area (Å²) in [6, 6.07) is 20.1. The molecule has 30 heavy (non-hydrogen) atoms. The molecular formula is C23H20N6S. The molecule has 4 heterocycles.